The molecule has 0 saturated heterocycles. The first-order valence-corrected chi connectivity index (χ1v) is 10.2. The van der Waals surface area contributed by atoms with Crippen molar-refractivity contribution in [3.05, 3.63) is 66.2 Å². The SMILES string of the molecule is C=CCn1c(SCC(=O)Nc2cc(C)ccc2OC)nnc1-c1cccc(C)c1. The van der Waals surface area contributed by atoms with Gasteiger partial charge in [-0.2, -0.15) is 0 Å². The van der Waals surface area contributed by atoms with Crippen LogP contribution in [0.2, 0.25) is 0 Å². The number of hydrogen-bond acceptors (Lipinski definition) is 5. The summed E-state index contributed by atoms with van der Waals surface area (Å²) in [4.78, 5) is 12.5. The molecule has 0 saturated carbocycles. The average Bonchev–Trinajstić information content (AvgIpc) is 3.09. The van der Waals surface area contributed by atoms with Gasteiger partial charge in [-0.05, 0) is 37.6 Å². The molecule has 0 atom stereocenters. The number of benzene rings is 2. The number of allylic oxidation sites excluding steroid dienone is 1. The Morgan fingerprint density at radius 3 is 2.72 bits per heavy atom. The maximum atomic E-state index is 12.5. The van der Waals surface area contributed by atoms with Gasteiger partial charge >= 0.3 is 0 Å². The molecule has 2 aromatic carbocycles. The topological polar surface area (TPSA) is 69.0 Å². The fraction of sp³-hybridized carbons (Fsp3) is 0.227. The number of nitrogens with one attached hydrogen (secondary N) is 1. The van der Waals surface area contributed by atoms with E-state index < -0.39 is 0 Å². The third-order valence-electron chi connectivity index (χ3n) is 4.27. The number of rotatable bonds is 8. The van der Waals surface area contributed by atoms with Gasteiger partial charge in [0.1, 0.15) is 5.75 Å². The van der Waals surface area contributed by atoms with E-state index in [9.17, 15) is 4.79 Å². The van der Waals surface area contributed by atoms with Crippen molar-refractivity contribution >= 4 is 23.4 Å². The quantitative estimate of drug-likeness (QED) is 0.439. The standard InChI is InChI=1S/C22H24N4O2S/c1-5-11-26-21(17-8-6-7-15(2)12-17)24-25-22(26)29-14-20(27)23-18-13-16(3)9-10-19(18)28-4/h5-10,12-13H,1,11,14H2,2-4H3,(H,23,27). The van der Waals surface area contributed by atoms with E-state index in [-0.39, 0.29) is 11.7 Å². The predicted molar refractivity (Wildman–Crippen MR) is 117 cm³/mol. The average molecular weight is 409 g/mol. The number of nitrogens with zero attached hydrogens (tertiary/aromatic N) is 3. The van der Waals surface area contributed by atoms with Crippen LogP contribution >= 0.6 is 11.8 Å². The molecule has 0 bridgehead atoms. The number of anilines is 1. The van der Waals surface area contributed by atoms with Gasteiger partial charge in [0, 0.05) is 12.1 Å². The van der Waals surface area contributed by atoms with Gasteiger partial charge in [0.05, 0.1) is 18.6 Å². The minimum atomic E-state index is -0.135. The first kappa shape index (κ1) is 20.7. The summed E-state index contributed by atoms with van der Waals surface area (Å²) < 4.78 is 7.28. The molecule has 3 aromatic rings. The lowest BCUT2D eigenvalue weighted by Gasteiger charge is -2.11. The molecule has 6 nitrogen and oxygen atoms in total. The van der Waals surface area contributed by atoms with Crippen LogP contribution in [0.4, 0.5) is 5.69 Å². The Balaban J connectivity index is 1.74. The predicted octanol–water partition coefficient (Wildman–Crippen LogP) is 4.49. The second-order valence-corrected chi connectivity index (χ2v) is 7.56. The largest absolute Gasteiger partial charge is 0.495 e. The Morgan fingerprint density at radius 1 is 1.21 bits per heavy atom. The molecule has 0 fully saturated rings. The van der Waals surface area contributed by atoms with Gasteiger partial charge in [0.2, 0.25) is 5.91 Å². The molecule has 1 aromatic heterocycles. The van der Waals surface area contributed by atoms with Crippen LogP contribution in [0.3, 0.4) is 0 Å². The molecule has 0 aliphatic carbocycles. The molecule has 29 heavy (non-hydrogen) atoms. The minimum Gasteiger partial charge on any atom is -0.495 e. The number of amides is 1. The smallest absolute Gasteiger partial charge is 0.234 e. The van der Waals surface area contributed by atoms with Crippen molar-refractivity contribution in [3.8, 4) is 17.1 Å². The van der Waals surface area contributed by atoms with Crippen LogP contribution in [0, 0.1) is 13.8 Å². The minimum absolute atomic E-state index is 0.135. The van der Waals surface area contributed by atoms with Crippen molar-refractivity contribution in [2.45, 2.75) is 25.5 Å². The number of thioether (sulfide) groups is 1. The second kappa shape index (κ2) is 9.43. The van der Waals surface area contributed by atoms with Gasteiger partial charge in [-0.25, -0.2) is 0 Å². The number of ether oxygens (including phenoxy) is 1. The Hall–Kier alpha value is -3.06. The van der Waals surface area contributed by atoms with E-state index in [2.05, 4.69) is 28.2 Å². The fourth-order valence-electron chi connectivity index (χ4n) is 2.92. The number of aromatic nitrogens is 3. The highest BCUT2D eigenvalue weighted by atomic mass is 32.2. The molecule has 150 valence electrons. The van der Waals surface area contributed by atoms with Gasteiger partial charge in [0.25, 0.3) is 0 Å². The van der Waals surface area contributed by atoms with Crippen molar-refractivity contribution in [1.29, 1.82) is 0 Å². The number of hydrogen-bond donors (Lipinski definition) is 1. The lowest BCUT2D eigenvalue weighted by Crippen LogP contribution is -2.15. The van der Waals surface area contributed by atoms with E-state index in [1.807, 2.05) is 54.8 Å². The van der Waals surface area contributed by atoms with Crippen LogP contribution < -0.4 is 10.1 Å². The summed E-state index contributed by atoms with van der Waals surface area (Å²) in [6, 6.07) is 13.8. The van der Waals surface area contributed by atoms with Crippen LogP contribution in [-0.2, 0) is 11.3 Å². The summed E-state index contributed by atoms with van der Waals surface area (Å²) in [5, 5.41) is 12.2. The zero-order valence-electron chi connectivity index (χ0n) is 16.8. The molecule has 0 aliphatic rings. The van der Waals surface area contributed by atoms with E-state index in [0.29, 0.717) is 23.1 Å². The Morgan fingerprint density at radius 2 is 2.00 bits per heavy atom. The van der Waals surface area contributed by atoms with E-state index in [4.69, 9.17) is 4.74 Å². The van der Waals surface area contributed by atoms with Crippen molar-refractivity contribution in [3.63, 3.8) is 0 Å². The third kappa shape index (κ3) is 5.06. The molecule has 1 N–H and O–H groups in total. The summed E-state index contributed by atoms with van der Waals surface area (Å²) in [6.45, 7) is 8.40. The molecule has 7 heteroatoms. The van der Waals surface area contributed by atoms with Crippen LogP contribution in [0.25, 0.3) is 11.4 Å². The summed E-state index contributed by atoms with van der Waals surface area (Å²) in [6.07, 6.45) is 1.80. The van der Waals surface area contributed by atoms with Crippen molar-refractivity contribution in [1.82, 2.24) is 14.8 Å². The van der Waals surface area contributed by atoms with Crippen LogP contribution in [0.15, 0.2) is 60.3 Å². The Labute approximate surface area is 175 Å². The summed E-state index contributed by atoms with van der Waals surface area (Å²) >= 11 is 1.34. The van der Waals surface area contributed by atoms with Crippen molar-refractivity contribution in [2.75, 3.05) is 18.2 Å². The second-order valence-electron chi connectivity index (χ2n) is 6.62. The van der Waals surface area contributed by atoms with Gasteiger partial charge < -0.3 is 10.1 Å². The number of methoxy groups -OCH3 is 1. The first-order valence-electron chi connectivity index (χ1n) is 9.20. The monoisotopic (exact) mass is 408 g/mol. The molecule has 0 radical (unpaired) electrons. The number of carbonyl (C=O) groups is 1. The molecular weight excluding hydrogens is 384 g/mol. The Kier molecular flexibility index (Phi) is 6.72. The lowest BCUT2D eigenvalue weighted by atomic mass is 10.1. The normalized spacial score (nSPS) is 10.6. The zero-order valence-corrected chi connectivity index (χ0v) is 17.6. The van der Waals surface area contributed by atoms with Crippen molar-refractivity contribution in [2.24, 2.45) is 0 Å². The lowest BCUT2D eigenvalue weighted by molar-refractivity contribution is -0.113. The molecule has 1 amide bonds. The molecule has 1 heterocycles. The van der Waals surface area contributed by atoms with Crippen LogP contribution in [0.5, 0.6) is 5.75 Å². The fourth-order valence-corrected chi connectivity index (χ4v) is 3.67. The number of aryl methyl sites for hydroxylation is 2. The molecule has 3 rings (SSSR count). The highest BCUT2D eigenvalue weighted by Gasteiger charge is 2.16. The Bertz CT molecular complexity index is 1030. The highest BCUT2D eigenvalue weighted by Crippen LogP contribution is 2.27. The van der Waals surface area contributed by atoms with Gasteiger partial charge in [-0.1, -0.05) is 47.7 Å². The van der Waals surface area contributed by atoms with E-state index in [1.165, 1.54) is 11.8 Å². The van der Waals surface area contributed by atoms with E-state index >= 15 is 0 Å². The van der Waals surface area contributed by atoms with Gasteiger partial charge in [0.15, 0.2) is 11.0 Å². The molecule has 0 spiro atoms. The van der Waals surface area contributed by atoms with Crippen LogP contribution in [-0.4, -0.2) is 33.5 Å². The van der Waals surface area contributed by atoms with Crippen LogP contribution in [0.1, 0.15) is 11.1 Å². The van der Waals surface area contributed by atoms with E-state index in [1.54, 1.807) is 13.2 Å². The molecule has 0 aliphatic heterocycles. The zero-order chi connectivity index (χ0) is 20.8. The maximum absolute atomic E-state index is 12.5. The third-order valence-corrected chi connectivity index (χ3v) is 5.23. The molecular formula is C22H24N4O2S. The van der Waals surface area contributed by atoms with E-state index in [0.717, 1.165) is 22.5 Å². The van der Waals surface area contributed by atoms with Crippen molar-refractivity contribution < 1.29 is 9.53 Å². The summed E-state index contributed by atoms with van der Waals surface area (Å²) in [5.74, 6) is 1.46. The van der Waals surface area contributed by atoms with Gasteiger partial charge in [-0.3, -0.25) is 9.36 Å². The maximum Gasteiger partial charge on any atom is 0.234 e. The summed E-state index contributed by atoms with van der Waals surface area (Å²) in [5.41, 5.74) is 3.84. The van der Waals surface area contributed by atoms with Gasteiger partial charge in [-0.15, -0.1) is 16.8 Å². The molecule has 0 unspecified atom stereocenters. The number of carbonyl (C=O) groups excluding carboxylic acids is 1. The first-order chi connectivity index (χ1) is 14.0. The highest BCUT2D eigenvalue weighted by molar-refractivity contribution is 7.99. The summed E-state index contributed by atoms with van der Waals surface area (Å²) in [7, 11) is 1.58.